The number of nitrogens with one attached hydrogen (secondary N) is 1. The first-order chi connectivity index (χ1) is 14.9. The number of ether oxygens (including phenoxy) is 2. The maximum atomic E-state index is 6.22. The third-order valence-corrected chi connectivity index (χ3v) is 7.05. The number of likely N-dealkylation sites (N-methyl/N-ethyl adjacent to an activating group) is 1. The summed E-state index contributed by atoms with van der Waals surface area (Å²) < 4.78 is 12.9. The second-order valence-electron chi connectivity index (χ2n) is 9.13. The highest BCUT2D eigenvalue weighted by atomic mass is 32.1. The van der Waals surface area contributed by atoms with Crippen LogP contribution in [0.4, 0.5) is 11.6 Å². The zero-order valence-electron chi connectivity index (χ0n) is 18.7. The summed E-state index contributed by atoms with van der Waals surface area (Å²) in [6.07, 6.45) is 2.51. The number of thiophene rings is 1. The highest BCUT2D eigenvalue weighted by Crippen LogP contribution is 2.44. The lowest BCUT2D eigenvalue weighted by Gasteiger charge is -2.36. The van der Waals surface area contributed by atoms with Gasteiger partial charge >= 0.3 is 0 Å². The highest BCUT2D eigenvalue weighted by molar-refractivity contribution is 7.26. The minimum atomic E-state index is -0.211. The first kappa shape index (κ1) is 20.8. The Morgan fingerprint density at radius 2 is 2.00 bits per heavy atom. The van der Waals surface area contributed by atoms with E-state index in [0.717, 1.165) is 72.5 Å². The largest absolute Gasteiger partial charge is 0.378 e. The van der Waals surface area contributed by atoms with Crippen LogP contribution in [0.3, 0.4) is 0 Å². The summed E-state index contributed by atoms with van der Waals surface area (Å²) in [5.41, 5.74) is 3.32. The summed E-state index contributed by atoms with van der Waals surface area (Å²) in [7, 11) is 4.15. The van der Waals surface area contributed by atoms with Crippen LogP contribution in [0.1, 0.15) is 25.0 Å². The molecule has 0 bridgehead atoms. The van der Waals surface area contributed by atoms with Gasteiger partial charge in [-0.2, -0.15) is 0 Å². The van der Waals surface area contributed by atoms with Crippen molar-refractivity contribution in [2.45, 2.75) is 32.5 Å². The molecule has 0 amide bonds. The van der Waals surface area contributed by atoms with Crippen molar-refractivity contribution < 1.29 is 9.47 Å². The first-order valence-corrected chi connectivity index (χ1v) is 11.7. The lowest BCUT2D eigenvalue weighted by molar-refractivity contribution is -0.0396. The van der Waals surface area contributed by atoms with Crippen LogP contribution < -0.4 is 10.2 Å². The number of morpholine rings is 1. The van der Waals surface area contributed by atoms with Gasteiger partial charge < -0.3 is 24.6 Å². The summed E-state index contributed by atoms with van der Waals surface area (Å²) in [5, 5.41) is 4.66. The molecule has 31 heavy (non-hydrogen) atoms. The van der Waals surface area contributed by atoms with E-state index in [1.54, 1.807) is 17.7 Å². The van der Waals surface area contributed by atoms with Crippen LogP contribution in [-0.4, -0.2) is 78.9 Å². The Morgan fingerprint density at radius 3 is 2.77 bits per heavy atom. The molecule has 1 fully saturated rings. The van der Waals surface area contributed by atoms with Crippen molar-refractivity contribution in [3.8, 4) is 0 Å². The molecule has 1 N–H and O–H groups in total. The van der Waals surface area contributed by atoms with E-state index in [1.165, 1.54) is 16.5 Å². The van der Waals surface area contributed by atoms with E-state index in [0.29, 0.717) is 6.61 Å². The summed E-state index contributed by atoms with van der Waals surface area (Å²) >= 11 is 1.69. The molecule has 0 spiro atoms. The van der Waals surface area contributed by atoms with Gasteiger partial charge in [-0.05, 0) is 33.5 Å². The molecule has 0 aliphatic carbocycles. The van der Waals surface area contributed by atoms with Crippen LogP contribution in [0.5, 0.6) is 0 Å². The molecule has 3 aromatic heterocycles. The van der Waals surface area contributed by atoms with Crippen LogP contribution in [0, 0.1) is 0 Å². The van der Waals surface area contributed by atoms with Gasteiger partial charge in [0.25, 0.3) is 0 Å². The molecule has 5 heterocycles. The van der Waals surface area contributed by atoms with Gasteiger partial charge in [0.15, 0.2) is 0 Å². The van der Waals surface area contributed by atoms with Crippen molar-refractivity contribution in [2.75, 3.05) is 63.7 Å². The number of hydrogen-bond acceptors (Lipinski definition) is 9. The van der Waals surface area contributed by atoms with Gasteiger partial charge in [-0.15, -0.1) is 11.3 Å². The number of hydrogen-bond donors (Lipinski definition) is 1. The Morgan fingerprint density at radius 1 is 1.19 bits per heavy atom. The standard InChI is InChI=1S/C22H30N6O2S/c1-22(2)11-14-15(12-30-22)20(28-7-9-29-10-8-28)26-21-16(14)17-18(31-21)19(25-13-24-17)23-5-6-27(3)4/h13H,5-12H2,1-4H3,(H,23,24,25). The molecule has 0 saturated carbocycles. The quantitative estimate of drug-likeness (QED) is 0.647. The van der Waals surface area contributed by atoms with Gasteiger partial charge in [-0.25, -0.2) is 15.0 Å². The molecule has 0 unspecified atom stereocenters. The van der Waals surface area contributed by atoms with Crippen molar-refractivity contribution in [1.82, 2.24) is 19.9 Å². The highest BCUT2D eigenvalue weighted by Gasteiger charge is 2.33. The molecule has 0 radical (unpaired) electrons. The van der Waals surface area contributed by atoms with Crippen molar-refractivity contribution in [3.05, 3.63) is 17.5 Å². The fourth-order valence-electron chi connectivity index (χ4n) is 4.35. The first-order valence-electron chi connectivity index (χ1n) is 10.9. The Balaban J connectivity index is 1.67. The summed E-state index contributed by atoms with van der Waals surface area (Å²) in [4.78, 5) is 19.9. The summed E-state index contributed by atoms with van der Waals surface area (Å²) in [6.45, 7) is 9.86. The van der Waals surface area contributed by atoms with E-state index in [2.05, 4.69) is 48.0 Å². The van der Waals surface area contributed by atoms with E-state index in [9.17, 15) is 0 Å². The van der Waals surface area contributed by atoms with Gasteiger partial charge in [-0.1, -0.05) is 0 Å². The van der Waals surface area contributed by atoms with Gasteiger partial charge in [0.2, 0.25) is 0 Å². The second kappa shape index (κ2) is 8.12. The molecule has 1 saturated heterocycles. The number of pyridine rings is 1. The van der Waals surface area contributed by atoms with Gasteiger partial charge in [0.1, 0.15) is 22.8 Å². The number of aromatic nitrogens is 3. The SMILES string of the molecule is CN(C)CCNc1ncnc2c1sc1nc(N3CCOCC3)c3c(c12)CC(C)(C)OC3. The lowest BCUT2D eigenvalue weighted by atomic mass is 9.90. The molecule has 9 heteroatoms. The minimum Gasteiger partial charge on any atom is -0.378 e. The number of nitrogens with zero attached hydrogens (tertiary/aromatic N) is 5. The monoisotopic (exact) mass is 442 g/mol. The van der Waals surface area contributed by atoms with E-state index in [1.807, 2.05) is 0 Å². The third kappa shape index (κ3) is 3.95. The fraction of sp³-hybridized carbons (Fsp3) is 0.591. The van der Waals surface area contributed by atoms with E-state index in [4.69, 9.17) is 19.4 Å². The second-order valence-corrected chi connectivity index (χ2v) is 10.1. The molecule has 8 nitrogen and oxygen atoms in total. The predicted molar refractivity (Wildman–Crippen MR) is 125 cm³/mol. The Kier molecular flexibility index (Phi) is 5.45. The van der Waals surface area contributed by atoms with Crippen molar-refractivity contribution in [1.29, 1.82) is 0 Å². The molecule has 3 aromatic rings. The van der Waals surface area contributed by atoms with Crippen LogP contribution in [-0.2, 0) is 22.5 Å². The average Bonchev–Trinajstić information content (AvgIpc) is 3.12. The number of fused-ring (bicyclic) bond motifs is 5. The summed E-state index contributed by atoms with van der Waals surface area (Å²) in [5.74, 6) is 1.94. The topological polar surface area (TPSA) is 75.6 Å². The molecular formula is C22H30N6O2S. The van der Waals surface area contributed by atoms with Crippen LogP contribution in [0.25, 0.3) is 20.4 Å². The van der Waals surface area contributed by atoms with Crippen LogP contribution in [0.2, 0.25) is 0 Å². The Bertz CT molecular complexity index is 1110. The van der Waals surface area contributed by atoms with Crippen molar-refractivity contribution >= 4 is 43.4 Å². The molecule has 166 valence electrons. The molecule has 0 atom stereocenters. The van der Waals surface area contributed by atoms with E-state index < -0.39 is 0 Å². The maximum Gasteiger partial charge on any atom is 0.147 e. The van der Waals surface area contributed by atoms with Crippen molar-refractivity contribution in [2.24, 2.45) is 0 Å². The summed E-state index contributed by atoms with van der Waals surface area (Å²) in [6, 6.07) is 0. The number of rotatable bonds is 5. The molecular weight excluding hydrogens is 412 g/mol. The third-order valence-electron chi connectivity index (χ3n) is 5.97. The Hall–Kier alpha value is -2.07. The normalized spacial score (nSPS) is 18.7. The van der Waals surface area contributed by atoms with Crippen molar-refractivity contribution in [3.63, 3.8) is 0 Å². The zero-order chi connectivity index (χ0) is 21.6. The zero-order valence-corrected chi connectivity index (χ0v) is 19.5. The average molecular weight is 443 g/mol. The minimum absolute atomic E-state index is 0.211. The van der Waals surface area contributed by atoms with E-state index >= 15 is 0 Å². The molecule has 0 aromatic carbocycles. The number of anilines is 2. The smallest absolute Gasteiger partial charge is 0.147 e. The molecule has 5 rings (SSSR count). The Labute approximate surface area is 186 Å². The van der Waals surface area contributed by atoms with E-state index in [-0.39, 0.29) is 5.60 Å². The molecule has 2 aliphatic heterocycles. The van der Waals surface area contributed by atoms with Gasteiger partial charge in [0, 0.05) is 43.5 Å². The van der Waals surface area contributed by atoms with Gasteiger partial charge in [0.05, 0.1) is 35.6 Å². The van der Waals surface area contributed by atoms with Crippen LogP contribution >= 0.6 is 11.3 Å². The van der Waals surface area contributed by atoms with Crippen LogP contribution in [0.15, 0.2) is 6.33 Å². The predicted octanol–water partition coefficient (Wildman–Crippen LogP) is 2.90. The maximum absolute atomic E-state index is 6.22. The fourth-order valence-corrected chi connectivity index (χ4v) is 5.47. The lowest BCUT2D eigenvalue weighted by Crippen LogP contribution is -2.39. The van der Waals surface area contributed by atoms with Gasteiger partial charge in [-0.3, -0.25) is 0 Å². The molecule has 2 aliphatic rings.